The van der Waals surface area contributed by atoms with Crippen LogP contribution in [0.3, 0.4) is 0 Å². The molecule has 3 rings (SSSR count). The van der Waals surface area contributed by atoms with Crippen molar-refractivity contribution in [3.63, 3.8) is 0 Å². The number of hydrogen-bond acceptors (Lipinski definition) is 2. The normalized spacial score (nSPS) is 28.7. The Morgan fingerprint density at radius 2 is 2.10 bits per heavy atom. The van der Waals surface area contributed by atoms with E-state index >= 15 is 0 Å². The minimum absolute atomic E-state index is 0.250. The fourth-order valence-corrected chi connectivity index (χ4v) is 4.05. The monoisotopic (exact) mass is 308 g/mol. The molecule has 0 amide bonds. The van der Waals surface area contributed by atoms with Crippen LogP contribution >= 0.6 is 11.6 Å². The summed E-state index contributed by atoms with van der Waals surface area (Å²) in [5, 5.41) is 0.574. The molecule has 114 valence electrons. The number of ether oxygens (including phenoxy) is 1. The molecule has 1 N–H and O–H groups in total. The molecule has 0 aromatic heterocycles. The molecule has 2 heterocycles. The molecule has 1 unspecified atom stereocenters. The number of halogens is 1. The van der Waals surface area contributed by atoms with Crippen molar-refractivity contribution in [3.05, 3.63) is 34.9 Å². The highest BCUT2D eigenvalue weighted by molar-refractivity contribution is 6.30. The summed E-state index contributed by atoms with van der Waals surface area (Å²) >= 11 is 5.92. The number of esters is 1. The van der Waals surface area contributed by atoms with E-state index in [1.807, 2.05) is 0 Å². The van der Waals surface area contributed by atoms with E-state index in [4.69, 9.17) is 16.3 Å². The first-order chi connectivity index (χ1) is 10.2. The van der Waals surface area contributed by atoms with Crippen LogP contribution in [0.5, 0.6) is 0 Å². The molecular weight excluding hydrogens is 286 g/mol. The minimum Gasteiger partial charge on any atom is -0.462 e. The Balaban J connectivity index is 1.57. The molecule has 2 aliphatic rings. The zero-order valence-electron chi connectivity index (χ0n) is 12.3. The Morgan fingerprint density at radius 1 is 1.24 bits per heavy atom. The number of nitrogens with one attached hydrogen (secondary N) is 1. The van der Waals surface area contributed by atoms with Crippen LogP contribution in [0.25, 0.3) is 0 Å². The smallest absolute Gasteiger partial charge is 0.338 e. The summed E-state index contributed by atoms with van der Waals surface area (Å²) in [7, 11) is 0. The highest BCUT2D eigenvalue weighted by Crippen LogP contribution is 2.21. The Bertz CT molecular complexity index is 503. The molecule has 3 atom stereocenters. The van der Waals surface area contributed by atoms with Crippen molar-refractivity contribution in [3.8, 4) is 0 Å². The lowest BCUT2D eigenvalue weighted by Gasteiger charge is -2.40. The lowest BCUT2D eigenvalue weighted by molar-refractivity contribution is -0.940. The molecule has 0 spiro atoms. The number of carbonyl (C=O) groups is 1. The van der Waals surface area contributed by atoms with Crippen molar-refractivity contribution >= 4 is 17.6 Å². The van der Waals surface area contributed by atoms with Gasteiger partial charge in [-0.15, -0.1) is 0 Å². The van der Waals surface area contributed by atoms with Gasteiger partial charge in [0.2, 0.25) is 0 Å². The lowest BCUT2D eigenvalue weighted by atomic mass is 9.84. The number of piperidine rings is 2. The van der Waals surface area contributed by atoms with Crippen molar-refractivity contribution in [1.29, 1.82) is 0 Å². The topological polar surface area (TPSA) is 30.7 Å². The number of quaternary nitrogens is 1. The fourth-order valence-electron chi connectivity index (χ4n) is 3.86. The summed E-state index contributed by atoms with van der Waals surface area (Å²) < 4.78 is 5.56. The second-order valence-electron chi connectivity index (χ2n) is 6.27. The fraction of sp³-hybridized carbons (Fsp3) is 0.588. The number of benzene rings is 1. The maximum Gasteiger partial charge on any atom is 0.338 e. The quantitative estimate of drug-likeness (QED) is 0.869. The van der Waals surface area contributed by atoms with Crippen molar-refractivity contribution in [2.24, 2.45) is 5.92 Å². The van der Waals surface area contributed by atoms with Gasteiger partial charge in [0.15, 0.2) is 0 Å². The van der Waals surface area contributed by atoms with Gasteiger partial charge in [0.05, 0.1) is 24.7 Å². The van der Waals surface area contributed by atoms with E-state index in [1.54, 1.807) is 29.2 Å². The highest BCUT2D eigenvalue weighted by Gasteiger charge is 2.37. The number of rotatable bonds is 3. The summed E-state index contributed by atoms with van der Waals surface area (Å²) in [5.74, 6) is 0.276. The Kier molecular flexibility index (Phi) is 4.81. The van der Waals surface area contributed by atoms with Crippen LogP contribution in [-0.2, 0) is 4.74 Å². The van der Waals surface area contributed by atoms with Gasteiger partial charge < -0.3 is 9.64 Å². The first-order valence-electron chi connectivity index (χ1n) is 8.01. The van der Waals surface area contributed by atoms with Gasteiger partial charge in [-0.1, -0.05) is 17.7 Å². The first-order valence-corrected chi connectivity index (χ1v) is 8.39. The third-order valence-electron chi connectivity index (χ3n) is 4.92. The molecule has 0 saturated carbocycles. The van der Waals surface area contributed by atoms with E-state index in [-0.39, 0.29) is 5.97 Å². The van der Waals surface area contributed by atoms with Crippen molar-refractivity contribution in [2.75, 3.05) is 19.7 Å². The van der Waals surface area contributed by atoms with Crippen LogP contribution in [0.4, 0.5) is 0 Å². The van der Waals surface area contributed by atoms with Crippen LogP contribution in [0.1, 0.15) is 42.5 Å². The van der Waals surface area contributed by atoms with Crippen LogP contribution < -0.4 is 4.90 Å². The average molecular weight is 309 g/mol. The molecule has 2 aliphatic heterocycles. The van der Waals surface area contributed by atoms with Crippen molar-refractivity contribution in [1.82, 2.24) is 0 Å². The predicted molar refractivity (Wildman–Crippen MR) is 82.8 cm³/mol. The average Bonchev–Trinajstić information content (AvgIpc) is 2.52. The molecule has 0 radical (unpaired) electrons. The summed E-state index contributed by atoms with van der Waals surface area (Å²) in [6.45, 7) is 3.15. The van der Waals surface area contributed by atoms with E-state index in [1.165, 1.54) is 45.2 Å². The predicted octanol–water partition coefficient (Wildman–Crippen LogP) is 2.34. The molecule has 21 heavy (non-hydrogen) atoms. The third-order valence-corrected chi connectivity index (χ3v) is 5.15. The van der Waals surface area contributed by atoms with Gasteiger partial charge >= 0.3 is 5.97 Å². The van der Waals surface area contributed by atoms with Gasteiger partial charge in [-0.25, -0.2) is 4.79 Å². The Hall–Kier alpha value is -1.06. The third kappa shape index (κ3) is 3.58. The van der Waals surface area contributed by atoms with Gasteiger partial charge in [-0.3, -0.25) is 0 Å². The number of fused-ring (bicyclic) bond motifs is 1. The molecule has 1 aromatic carbocycles. The van der Waals surface area contributed by atoms with E-state index in [9.17, 15) is 4.79 Å². The molecule has 0 bridgehead atoms. The second-order valence-corrected chi connectivity index (χ2v) is 6.71. The van der Waals surface area contributed by atoms with Gasteiger partial charge in [-0.05, 0) is 50.3 Å². The highest BCUT2D eigenvalue weighted by atomic mass is 35.5. The summed E-state index contributed by atoms with van der Waals surface area (Å²) in [4.78, 5) is 13.8. The molecule has 3 nitrogen and oxygen atoms in total. The van der Waals surface area contributed by atoms with Crippen molar-refractivity contribution < 1.29 is 14.4 Å². The first kappa shape index (κ1) is 14.9. The molecule has 1 aromatic rings. The van der Waals surface area contributed by atoms with Crippen molar-refractivity contribution in [2.45, 2.75) is 38.1 Å². The molecular formula is C17H23ClNO2+. The summed E-state index contributed by atoms with van der Waals surface area (Å²) in [5.41, 5.74) is 0.547. The zero-order chi connectivity index (χ0) is 14.7. The van der Waals surface area contributed by atoms with E-state index in [0.29, 0.717) is 29.2 Å². The van der Waals surface area contributed by atoms with Gasteiger partial charge in [0, 0.05) is 10.9 Å². The van der Waals surface area contributed by atoms with Gasteiger partial charge in [-0.2, -0.15) is 0 Å². The largest absolute Gasteiger partial charge is 0.462 e. The molecule has 4 heteroatoms. The van der Waals surface area contributed by atoms with E-state index < -0.39 is 0 Å². The summed E-state index contributed by atoms with van der Waals surface area (Å²) in [6.07, 6.45) is 6.41. The Morgan fingerprint density at radius 3 is 2.95 bits per heavy atom. The lowest BCUT2D eigenvalue weighted by Crippen LogP contribution is -3.18. The van der Waals surface area contributed by atoms with Gasteiger partial charge in [0.1, 0.15) is 6.61 Å². The Labute approximate surface area is 131 Å². The van der Waals surface area contributed by atoms with Gasteiger partial charge in [0.25, 0.3) is 0 Å². The SMILES string of the molecule is O=C(OC[C@H]1CCC[NH+]2CCCC[C@@H]12)c1cccc(Cl)c1. The summed E-state index contributed by atoms with van der Waals surface area (Å²) in [6, 6.07) is 7.67. The molecule has 0 aliphatic carbocycles. The van der Waals surface area contributed by atoms with Crippen LogP contribution in [0.15, 0.2) is 24.3 Å². The maximum atomic E-state index is 12.1. The number of hydrogen-bond donors (Lipinski definition) is 1. The van der Waals surface area contributed by atoms with Crippen LogP contribution in [0.2, 0.25) is 5.02 Å². The minimum atomic E-state index is -0.250. The zero-order valence-corrected chi connectivity index (χ0v) is 13.1. The molecule has 2 saturated heterocycles. The standard InChI is InChI=1S/C17H22ClNO2/c18-15-7-3-5-13(11-15)17(20)21-12-14-6-4-10-19-9-2-1-8-16(14)19/h3,5,7,11,14,16H,1-2,4,6,8-10,12H2/p+1/t14-,16+/m1/s1. The van der Waals surface area contributed by atoms with E-state index in [0.717, 1.165) is 0 Å². The van der Waals surface area contributed by atoms with Crippen LogP contribution in [-0.4, -0.2) is 31.7 Å². The molecule has 2 fully saturated rings. The second kappa shape index (κ2) is 6.80. The number of carbonyl (C=O) groups excluding carboxylic acids is 1. The van der Waals surface area contributed by atoms with Crippen LogP contribution in [0, 0.1) is 5.92 Å². The van der Waals surface area contributed by atoms with E-state index in [2.05, 4.69) is 0 Å². The maximum absolute atomic E-state index is 12.1.